The molecule has 0 amide bonds. The van der Waals surface area contributed by atoms with Gasteiger partial charge in [-0.05, 0) is 12.8 Å². The second-order valence-corrected chi connectivity index (χ2v) is 4.06. The lowest BCUT2D eigenvalue weighted by Gasteiger charge is -2.10. The Kier molecular flexibility index (Phi) is 3.37. The van der Waals surface area contributed by atoms with Crippen molar-refractivity contribution in [3.8, 4) is 5.88 Å². The van der Waals surface area contributed by atoms with Crippen molar-refractivity contribution in [3.63, 3.8) is 0 Å². The van der Waals surface area contributed by atoms with Gasteiger partial charge in [-0.25, -0.2) is 9.97 Å². The minimum Gasteiger partial charge on any atom is -0.464 e. The van der Waals surface area contributed by atoms with Crippen LogP contribution in [0.2, 0.25) is 0 Å². The van der Waals surface area contributed by atoms with E-state index in [1.165, 1.54) is 6.26 Å². The minimum atomic E-state index is -0.274. The molecule has 90 valence electrons. The molecule has 1 atom stereocenters. The molecule has 2 rings (SSSR count). The highest BCUT2D eigenvalue weighted by molar-refractivity contribution is 5.10. The number of hydrogen-bond acceptors (Lipinski definition) is 5. The van der Waals surface area contributed by atoms with Gasteiger partial charge in [-0.3, -0.25) is 4.98 Å². The molecule has 2 aromatic rings. The van der Waals surface area contributed by atoms with Gasteiger partial charge in [-0.15, -0.1) is 0 Å². The zero-order valence-electron chi connectivity index (χ0n) is 10.1. The van der Waals surface area contributed by atoms with Crippen LogP contribution in [-0.4, -0.2) is 15.0 Å². The van der Waals surface area contributed by atoms with Crippen molar-refractivity contribution in [1.29, 1.82) is 0 Å². The summed E-state index contributed by atoms with van der Waals surface area (Å²) >= 11 is 0. The van der Waals surface area contributed by atoms with Gasteiger partial charge in [-0.1, -0.05) is 13.8 Å². The Morgan fingerprint density at radius 3 is 2.47 bits per heavy atom. The van der Waals surface area contributed by atoms with Crippen LogP contribution in [-0.2, 0) is 0 Å². The first-order valence-electron chi connectivity index (χ1n) is 5.55. The zero-order valence-corrected chi connectivity index (χ0v) is 10.1. The van der Waals surface area contributed by atoms with E-state index in [1.807, 2.05) is 6.92 Å². The summed E-state index contributed by atoms with van der Waals surface area (Å²) in [6.45, 7) is 5.99. The van der Waals surface area contributed by atoms with E-state index in [0.29, 0.717) is 17.7 Å². The van der Waals surface area contributed by atoms with Crippen LogP contribution >= 0.6 is 0 Å². The molecular weight excluding hydrogens is 218 g/mol. The monoisotopic (exact) mass is 233 g/mol. The molecule has 0 aliphatic heterocycles. The zero-order chi connectivity index (χ0) is 12.3. The lowest BCUT2D eigenvalue weighted by atomic mass is 10.1. The summed E-state index contributed by atoms with van der Waals surface area (Å²) in [6.07, 6.45) is 6.17. The molecule has 0 saturated heterocycles. The second kappa shape index (κ2) is 4.95. The van der Waals surface area contributed by atoms with E-state index < -0.39 is 0 Å². The third-order valence-electron chi connectivity index (χ3n) is 2.34. The topological polar surface area (TPSA) is 61.0 Å². The molecule has 17 heavy (non-hydrogen) atoms. The first-order valence-corrected chi connectivity index (χ1v) is 5.55. The third kappa shape index (κ3) is 2.81. The highest BCUT2D eigenvalue weighted by atomic mass is 16.5. The van der Waals surface area contributed by atoms with E-state index in [-0.39, 0.29) is 6.10 Å². The summed E-state index contributed by atoms with van der Waals surface area (Å²) < 4.78 is 10.7. The van der Waals surface area contributed by atoms with Crippen LogP contribution in [0.25, 0.3) is 0 Å². The minimum absolute atomic E-state index is 0.274. The molecule has 0 fully saturated rings. The van der Waals surface area contributed by atoms with Crippen molar-refractivity contribution in [3.05, 3.63) is 36.4 Å². The molecule has 1 unspecified atom stereocenters. The van der Waals surface area contributed by atoms with E-state index >= 15 is 0 Å². The largest absolute Gasteiger partial charge is 0.464 e. The van der Waals surface area contributed by atoms with Crippen molar-refractivity contribution in [2.75, 3.05) is 0 Å². The number of hydrogen-bond donors (Lipinski definition) is 0. The maximum Gasteiger partial charge on any atom is 0.235 e. The SMILES string of the molecule is CC(C)c1cnc(OC(C)c2ncco2)cn1. The molecule has 0 spiro atoms. The number of aromatic nitrogens is 3. The third-order valence-corrected chi connectivity index (χ3v) is 2.34. The Balaban J connectivity index is 2.04. The summed E-state index contributed by atoms with van der Waals surface area (Å²) in [5.74, 6) is 1.36. The quantitative estimate of drug-likeness (QED) is 0.812. The van der Waals surface area contributed by atoms with Gasteiger partial charge in [0.25, 0.3) is 0 Å². The molecule has 5 nitrogen and oxygen atoms in total. The molecule has 0 aromatic carbocycles. The Morgan fingerprint density at radius 1 is 1.12 bits per heavy atom. The van der Waals surface area contributed by atoms with Gasteiger partial charge in [-0.2, -0.15) is 0 Å². The van der Waals surface area contributed by atoms with E-state index in [0.717, 1.165) is 5.69 Å². The maximum atomic E-state index is 5.56. The summed E-state index contributed by atoms with van der Waals surface area (Å²) in [5, 5.41) is 0. The summed E-state index contributed by atoms with van der Waals surface area (Å²) in [5.41, 5.74) is 0.945. The van der Waals surface area contributed by atoms with E-state index in [1.54, 1.807) is 18.6 Å². The molecular formula is C12H15N3O2. The second-order valence-electron chi connectivity index (χ2n) is 4.06. The molecule has 2 aromatic heterocycles. The summed E-state index contributed by atoms with van der Waals surface area (Å²) in [7, 11) is 0. The van der Waals surface area contributed by atoms with Crippen LogP contribution in [0.5, 0.6) is 5.88 Å². The van der Waals surface area contributed by atoms with Gasteiger partial charge in [0.2, 0.25) is 11.8 Å². The Labute approximate surface area is 99.9 Å². The fraction of sp³-hybridized carbons (Fsp3) is 0.417. The molecule has 0 saturated carbocycles. The first-order chi connectivity index (χ1) is 8.16. The van der Waals surface area contributed by atoms with Gasteiger partial charge >= 0.3 is 0 Å². The predicted octanol–water partition coefficient (Wildman–Crippen LogP) is 2.73. The van der Waals surface area contributed by atoms with Gasteiger partial charge in [0.05, 0.1) is 24.3 Å². The number of nitrogens with zero attached hydrogens (tertiary/aromatic N) is 3. The van der Waals surface area contributed by atoms with E-state index in [4.69, 9.17) is 9.15 Å². The van der Waals surface area contributed by atoms with Gasteiger partial charge in [0.1, 0.15) is 6.26 Å². The average molecular weight is 233 g/mol. The Hall–Kier alpha value is -1.91. The molecule has 0 radical (unpaired) electrons. The van der Waals surface area contributed by atoms with E-state index in [2.05, 4.69) is 28.8 Å². The van der Waals surface area contributed by atoms with Gasteiger partial charge < -0.3 is 9.15 Å². The van der Waals surface area contributed by atoms with Crippen LogP contribution in [0.15, 0.2) is 29.3 Å². The van der Waals surface area contributed by atoms with Crippen LogP contribution in [0.3, 0.4) is 0 Å². The van der Waals surface area contributed by atoms with Crippen molar-refractivity contribution in [2.24, 2.45) is 0 Å². The van der Waals surface area contributed by atoms with E-state index in [9.17, 15) is 0 Å². The lowest BCUT2D eigenvalue weighted by Crippen LogP contribution is -2.05. The van der Waals surface area contributed by atoms with Crippen LogP contribution in [0.4, 0.5) is 0 Å². The van der Waals surface area contributed by atoms with Crippen LogP contribution in [0, 0.1) is 0 Å². The van der Waals surface area contributed by atoms with Crippen LogP contribution < -0.4 is 4.74 Å². The smallest absolute Gasteiger partial charge is 0.235 e. The fourth-order valence-corrected chi connectivity index (χ4v) is 1.35. The Morgan fingerprint density at radius 2 is 1.94 bits per heavy atom. The standard InChI is InChI=1S/C12H15N3O2/c1-8(2)10-6-15-11(7-14-10)17-9(3)12-13-4-5-16-12/h4-9H,1-3H3. The molecule has 0 aliphatic carbocycles. The van der Waals surface area contributed by atoms with Crippen molar-refractivity contribution in [2.45, 2.75) is 32.8 Å². The fourth-order valence-electron chi connectivity index (χ4n) is 1.35. The average Bonchev–Trinajstić information content (AvgIpc) is 2.83. The maximum absolute atomic E-state index is 5.56. The summed E-state index contributed by atoms with van der Waals surface area (Å²) in [6, 6.07) is 0. The number of ether oxygens (including phenoxy) is 1. The normalized spacial score (nSPS) is 12.7. The van der Waals surface area contributed by atoms with Gasteiger partial charge in [0.15, 0.2) is 6.10 Å². The predicted molar refractivity (Wildman–Crippen MR) is 61.7 cm³/mol. The molecule has 0 N–H and O–H groups in total. The van der Waals surface area contributed by atoms with Crippen molar-refractivity contribution in [1.82, 2.24) is 15.0 Å². The molecule has 2 heterocycles. The van der Waals surface area contributed by atoms with Crippen LogP contribution in [0.1, 0.15) is 44.4 Å². The summed E-state index contributed by atoms with van der Waals surface area (Å²) in [4.78, 5) is 12.5. The molecule has 0 bridgehead atoms. The van der Waals surface area contributed by atoms with Crippen molar-refractivity contribution < 1.29 is 9.15 Å². The molecule has 0 aliphatic rings. The highest BCUT2D eigenvalue weighted by Crippen LogP contribution is 2.18. The highest BCUT2D eigenvalue weighted by Gasteiger charge is 2.12. The first kappa shape index (κ1) is 11.6. The Bertz CT molecular complexity index is 451. The lowest BCUT2D eigenvalue weighted by molar-refractivity contribution is 0.180. The number of oxazole rings is 1. The number of rotatable bonds is 4. The molecule has 5 heteroatoms. The van der Waals surface area contributed by atoms with Gasteiger partial charge in [0, 0.05) is 0 Å². The van der Waals surface area contributed by atoms with Crippen molar-refractivity contribution >= 4 is 0 Å².